The zero-order chi connectivity index (χ0) is 32.2. The minimum Gasteiger partial charge on any atom is -0.367 e. The monoisotopic (exact) mass is 653 g/mol. The Hall–Kier alpha value is -3.72. The Morgan fingerprint density at radius 3 is 2.41 bits per heavy atom. The molecule has 4 aliphatic heterocycles. The number of halogens is 2. The zero-order valence-corrected chi connectivity index (χ0v) is 27.0. The number of nitrogens with one attached hydrogen (secondary N) is 3. The Balaban J connectivity index is 1.14. The lowest BCUT2D eigenvalue weighted by Gasteiger charge is -2.43. The van der Waals surface area contributed by atoms with Crippen molar-refractivity contribution in [3.05, 3.63) is 70.9 Å². The van der Waals surface area contributed by atoms with Gasteiger partial charge in [0.15, 0.2) is 0 Å². The normalized spacial score (nSPS) is 22.8. The number of benzene rings is 2. The molecule has 1 unspecified atom stereocenters. The van der Waals surface area contributed by atoms with Gasteiger partial charge in [-0.05, 0) is 55.6 Å². The average Bonchev–Trinajstić information content (AvgIpc) is 3.69. The molecule has 3 aromatic rings. The Morgan fingerprint density at radius 1 is 1.02 bits per heavy atom. The summed E-state index contributed by atoms with van der Waals surface area (Å²) in [4.78, 5) is 14.6. The Morgan fingerprint density at radius 2 is 1.74 bits per heavy atom. The second-order valence-electron chi connectivity index (χ2n) is 12.6. The van der Waals surface area contributed by atoms with Gasteiger partial charge in [-0.3, -0.25) is 14.9 Å². The molecule has 2 fully saturated rings. The number of aromatic nitrogens is 1. The molecule has 14 heteroatoms. The van der Waals surface area contributed by atoms with E-state index in [4.69, 9.17) is 10.7 Å². The van der Waals surface area contributed by atoms with Crippen LogP contribution in [0.4, 0.5) is 31.7 Å². The molecule has 0 spiro atoms. The van der Waals surface area contributed by atoms with Gasteiger partial charge in [-0.15, -0.1) is 0 Å². The van der Waals surface area contributed by atoms with Crippen molar-refractivity contribution in [1.82, 2.24) is 14.8 Å². The molecular formula is C32H41F2N9O2S. The molecule has 1 atom stereocenters. The Labute approximate surface area is 268 Å². The van der Waals surface area contributed by atoms with Crippen LogP contribution in [-0.2, 0) is 22.2 Å². The van der Waals surface area contributed by atoms with E-state index in [1.54, 1.807) is 23.2 Å². The first kappa shape index (κ1) is 30.9. The van der Waals surface area contributed by atoms with Crippen molar-refractivity contribution in [1.29, 1.82) is 0 Å². The molecule has 11 nitrogen and oxygen atoms in total. The van der Waals surface area contributed by atoms with Gasteiger partial charge in [0, 0.05) is 63.6 Å². The summed E-state index contributed by atoms with van der Waals surface area (Å²) in [5.41, 5.74) is 9.49. The number of hydrogen-bond acceptors (Lipinski definition) is 9. The predicted molar refractivity (Wildman–Crippen MR) is 178 cm³/mol. The van der Waals surface area contributed by atoms with Gasteiger partial charge < -0.3 is 25.4 Å². The van der Waals surface area contributed by atoms with Crippen molar-refractivity contribution in [2.75, 3.05) is 78.5 Å². The fourth-order valence-electron chi connectivity index (χ4n) is 7.33. The van der Waals surface area contributed by atoms with E-state index in [1.807, 2.05) is 12.1 Å². The Bertz CT molecular complexity index is 1740. The topological polar surface area (TPSA) is 125 Å². The standard InChI is InChI=1S/C32H41F2N9O2S/c1-3-40-15-17-41(18-16-40)23-9-12-42(13-10-23)29-25(33)19-22(20-26(29)34)32(35)38-30-24(7-11-36-30)31(39-32)37-27-6-4-5-21-8-14-43(28(21)27)46(2,44)45/h4-7,11,19-20,23,36,38H,3,8-10,12-18,35H2,1-2H3,(H,37,39). The maximum absolute atomic E-state index is 15.8. The molecule has 0 bridgehead atoms. The number of sulfonamides is 1. The summed E-state index contributed by atoms with van der Waals surface area (Å²) < 4.78 is 58.1. The summed E-state index contributed by atoms with van der Waals surface area (Å²) in [7, 11) is -3.51. The highest BCUT2D eigenvalue weighted by molar-refractivity contribution is 7.92. The van der Waals surface area contributed by atoms with Crippen molar-refractivity contribution in [2.24, 2.45) is 10.7 Å². The second-order valence-corrected chi connectivity index (χ2v) is 14.5. The molecule has 1 aromatic heterocycles. The molecule has 246 valence electrons. The molecule has 4 aliphatic rings. The van der Waals surface area contributed by atoms with Gasteiger partial charge in [-0.1, -0.05) is 19.1 Å². The number of nitrogens with zero attached hydrogens (tertiary/aromatic N) is 5. The highest BCUT2D eigenvalue weighted by atomic mass is 32.2. The van der Waals surface area contributed by atoms with Gasteiger partial charge in [-0.25, -0.2) is 22.2 Å². The predicted octanol–water partition coefficient (Wildman–Crippen LogP) is 3.27. The number of H-pyrrole nitrogens is 1. The van der Waals surface area contributed by atoms with E-state index in [9.17, 15) is 8.42 Å². The molecule has 5 heterocycles. The summed E-state index contributed by atoms with van der Waals surface area (Å²) in [5, 5.41) is 6.39. The number of anilines is 4. The third-order valence-corrected chi connectivity index (χ3v) is 11.0. The van der Waals surface area contributed by atoms with Crippen LogP contribution in [0.1, 0.15) is 36.5 Å². The molecule has 5 N–H and O–H groups in total. The minimum absolute atomic E-state index is 0.0407. The van der Waals surface area contributed by atoms with E-state index in [2.05, 4.69) is 32.3 Å². The first-order valence-corrected chi connectivity index (χ1v) is 17.8. The van der Waals surface area contributed by atoms with Crippen LogP contribution < -0.4 is 25.6 Å². The van der Waals surface area contributed by atoms with E-state index in [0.29, 0.717) is 60.7 Å². The number of amidine groups is 1. The van der Waals surface area contributed by atoms with Gasteiger partial charge in [0.1, 0.15) is 29.0 Å². The fraction of sp³-hybridized carbons (Fsp3) is 0.469. The molecule has 2 saturated heterocycles. The van der Waals surface area contributed by atoms with Crippen molar-refractivity contribution in [3.8, 4) is 0 Å². The molecule has 0 aliphatic carbocycles. The maximum Gasteiger partial charge on any atom is 0.232 e. The van der Waals surface area contributed by atoms with Crippen LogP contribution in [0.25, 0.3) is 0 Å². The van der Waals surface area contributed by atoms with Gasteiger partial charge in [0.2, 0.25) is 15.8 Å². The van der Waals surface area contributed by atoms with Gasteiger partial charge >= 0.3 is 0 Å². The smallest absolute Gasteiger partial charge is 0.232 e. The van der Waals surface area contributed by atoms with Crippen LogP contribution >= 0.6 is 0 Å². The van der Waals surface area contributed by atoms with Crippen LogP contribution in [0.3, 0.4) is 0 Å². The number of piperidine rings is 1. The maximum atomic E-state index is 15.8. The SMILES string of the molecule is CCN1CCN(C2CCN(c3c(F)cc(C4(N)N=C(Nc5cccc6c5N(S(C)(=O)=O)CC6)c5cc[nH]c5N4)cc3F)CC2)CC1. The first-order valence-electron chi connectivity index (χ1n) is 16.0. The van der Waals surface area contributed by atoms with Crippen LogP contribution in [0.15, 0.2) is 47.6 Å². The zero-order valence-electron chi connectivity index (χ0n) is 26.2. The summed E-state index contributed by atoms with van der Waals surface area (Å²) in [6, 6.07) is 10.2. The van der Waals surface area contributed by atoms with E-state index in [1.165, 1.54) is 22.7 Å². The number of piperazine rings is 1. The van der Waals surface area contributed by atoms with Crippen LogP contribution in [0, 0.1) is 11.6 Å². The molecule has 2 aromatic carbocycles. The fourth-order valence-corrected chi connectivity index (χ4v) is 8.30. The van der Waals surface area contributed by atoms with Crippen molar-refractivity contribution in [3.63, 3.8) is 0 Å². The number of nitrogens with two attached hydrogens (primary N) is 1. The third-order valence-electron chi connectivity index (χ3n) is 9.82. The molecule has 0 radical (unpaired) electrons. The van der Waals surface area contributed by atoms with Crippen LogP contribution in [-0.4, -0.2) is 93.7 Å². The van der Waals surface area contributed by atoms with Crippen molar-refractivity contribution < 1.29 is 17.2 Å². The summed E-state index contributed by atoms with van der Waals surface area (Å²) >= 11 is 0. The van der Waals surface area contributed by atoms with E-state index < -0.39 is 27.4 Å². The van der Waals surface area contributed by atoms with Gasteiger partial charge in [-0.2, -0.15) is 0 Å². The number of aromatic amines is 1. The summed E-state index contributed by atoms with van der Waals surface area (Å²) in [6.07, 6.45) is 5.17. The van der Waals surface area contributed by atoms with E-state index >= 15 is 8.78 Å². The van der Waals surface area contributed by atoms with Gasteiger partial charge in [0.05, 0.1) is 23.2 Å². The van der Waals surface area contributed by atoms with Crippen molar-refractivity contribution in [2.45, 2.75) is 38.0 Å². The number of para-hydroxylation sites is 1. The van der Waals surface area contributed by atoms with Crippen LogP contribution in [0.5, 0.6) is 0 Å². The minimum atomic E-state index is -3.51. The lowest BCUT2D eigenvalue weighted by atomic mass is 10.00. The van der Waals surface area contributed by atoms with Crippen LogP contribution in [0.2, 0.25) is 0 Å². The second kappa shape index (κ2) is 11.8. The molecule has 7 rings (SSSR count). The third kappa shape index (κ3) is 5.61. The largest absolute Gasteiger partial charge is 0.367 e. The number of likely N-dealkylation sites (N-methyl/N-ethyl adjacent to an activating group) is 1. The number of fused-ring (bicyclic) bond motifs is 2. The summed E-state index contributed by atoms with van der Waals surface area (Å²) in [5.74, 6) is -2.26. The molecule has 0 amide bonds. The lowest BCUT2D eigenvalue weighted by molar-refractivity contribution is 0.0877. The molecule has 46 heavy (non-hydrogen) atoms. The Kier molecular flexibility index (Phi) is 7.94. The highest BCUT2D eigenvalue weighted by Gasteiger charge is 2.37. The number of hydrogen-bond donors (Lipinski definition) is 4. The molecular weight excluding hydrogens is 612 g/mol. The quantitative estimate of drug-likeness (QED) is 0.320. The first-order chi connectivity index (χ1) is 22.0. The summed E-state index contributed by atoms with van der Waals surface area (Å²) in [6.45, 7) is 8.92. The highest BCUT2D eigenvalue weighted by Crippen LogP contribution is 2.39. The van der Waals surface area contributed by atoms with E-state index in [0.717, 1.165) is 51.1 Å². The molecule has 0 saturated carbocycles. The lowest BCUT2D eigenvalue weighted by Crippen LogP contribution is -2.53. The van der Waals surface area contributed by atoms with Crippen molar-refractivity contribution >= 4 is 38.7 Å². The average molecular weight is 654 g/mol. The number of rotatable bonds is 6. The number of aliphatic imine (C=N–C) groups is 1. The van der Waals surface area contributed by atoms with E-state index in [-0.39, 0.29) is 11.3 Å². The van der Waals surface area contributed by atoms with Gasteiger partial charge in [0.25, 0.3) is 0 Å².